The minimum absolute atomic E-state index is 0.0828. The Labute approximate surface area is 196 Å². The lowest BCUT2D eigenvalue weighted by Gasteiger charge is -2.39. The maximum atomic E-state index is 15.1. The summed E-state index contributed by atoms with van der Waals surface area (Å²) in [4.78, 5) is 39.3. The number of methoxy groups -OCH3 is 1. The molecular formula is C21H23F4N7O3. The highest BCUT2D eigenvalue weighted by Gasteiger charge is 2.36. The Morgan fingerprint density at radius 1 is 1.37 bits per heavy atom. The molecule has 4 rings (SSSR count). The molecule has 4 heterocycles. The van der Waals surface area contributed by atoms with E-state index in [9.17, 15) is 22.8 Å². The zero-order chi connectivity index (χ0) is 25.5. The number of rotatable bonds is 4. The highest BCUT2D eigenvalue weighted by molar-refractivity contribution is 5.89. The summed E-state index contributed by atoms with van der Waals surface area (Å²) < 4.78 is 60.4. The van der Waals surface area contributed by atoms with Crippen molar-refractivity contribution in [3.05, 3.63) is 40.6 Å². The van der Waals surface area contributed by atoms with Crippen LogP contribution in [0.4, 0.5) is 33.9 Å². The predicted molar refractivity (Wildman–Crippen MR) is 119 cm³/mol. The number of aromatic amines is 1. The summed E-state index contributed by atoms with van der Waals surface area (Å²) in [5.41, 5.74) is -1.43. The van der Waals surface area contributed by atoms with E-state index < -0.39 is 41.2 Å². The second-order valence-electron chi connectivity index (χ2n) is 8.20. The minimum Gasteiger partial charge on any atom is -0.493 e. The van der Waals surface area contributed by atoms with Crippen molar-refractivity contribution in [1.82, 2.24) is 24.4 Å². The average Bonchev–Trinajstić information content (AvgIpc) is 3.23. The first-order valence-electron chi connectivity index (χ1n) is 10.6. The number of ether oxygens (including phenoxy) is 1. The average molecular weight is 497 g/mol. The van der Waals surface area contributed by atoms with Crippen LogP contribution in [0.1, 0.15) is 12.0 Å². The number of nitrogens with one attached hydrogen (secondary N) is 2. The summed E-state index contributed by atoms with van der Waals surface area (Å²) >= 11 is 0. The first-order chi connectivity index (χ1) is 16.5. The number of alkyl halides is 4. The molecule has 2 amide bonds. The van der Waals surface area contributed by atoms with Gasteiger partial charge in [0.25, 0.3) is 5.56 Å². The molecule has 0 radical (unpaired) electrons. The Balaban J connectivity index is 1.46. The van der Waals surface area contributed by atoms with E-state index in [1.165, 1.54) is 20.4 Å². The number of amides is 2. The number of pyridine rings is 1. The van der Waals surface area contributed by atoms with Gasteiger partial charge in [0.15, 0.2) is 16.9 Å². The molecule has 1 aliphatic rings. The van der Waals surface area contributed by atoms with E-state index in [0.29, 0.717) is 41.5 Å². The maximum Gasteiger partial charge on any atom is 0.417 e. The molecule has 3 aromatic rings. The van der Waals surface area contributed by atoms with Gasteiger partial charge in [-0.25, -0.2) is 19.2 Å². The molecule has 2 N–H and O–H groups in total. The van der Waals surface area contributed by atoms with Gasteiger partial charge in [0.05, 0.1) is 31.5 Å². The van der Waals surface area contributed by atoms with Crippen molar-refractivity contribution in [2.45, 2.75) is 24.8 Å². The Hall–Kier alpha value is -3.84. The van der Waals surface area contributed by atoms with Crippen LogP contribution in [0, 0.1) is 0 Å². The molecule has 10 nitrogen and oxygen atoms in total. The molecule has 0 bridgehead atoms. The van der Waals surface area contributed by atoms with Gasteiger partial charge in [0.2, 0.25) is 0 Å². The molecule has 0 aromatic carbocycles. The summed E-state index contributed by atoms with van der Waals surface area (Å²) in [5.74, 6) is 0.939. The third kappa shape index (κ3) is 4.72. The molecule has 0 aliphatic carbocycles. The summed E-state index contributed by atoms with van der Waals surface area (Å²) in [5, 5.41) is 2.19. The van der Waals surface area contributed by atoms with Crippen molar-refractivity contribution in [2.24, 2.45) is 7.05 Å². The zero-order valence-corrected chi connectivity index (χ0v) is 19.1. The van der Waals surface area contributed by atoms with Gasteiger partial charge in [0, 0.05) is 33.0 Å². The SMILES string of the molecule is COc1c[nH]c2ncc(N3CC[C@H](N(C)C(=O)Nc4cc(C(F)(F)F)cn(C)c4=O)[C@H](F)C3)nc12. The van der Waals surface area contributed by atoms with E-state index in [1.54, 1.807) is 11.1 Å². The third-order valence-electron chi connectivity index (χ3n) is 5.95. The van der Waals surface area contributed by atoms with E-state index in [2.05, 4.69) is 20.3 Å². The molecule has 188 valence electrons. The minimum atomic E-state index is -4.70. The number of aryl methyl sites for hydroxylation is 1. The number of aromatic nitrogens is 4. The molecule has 14 heteroatoms. The van der Waals surface area contributed by atoms with E-state index in [0.717, 1.165) is 16.5 Å². The molecule has 0 saturated carbocycles. The number of halogens is 4. The summed E-state index contributed by atoms with van der Waals surface area (Å²) in [6.45, 7) is 0.265. The number of nitrogens with zero attached hydrogens (tertiary/aromatic N) is 5. The third-order valence-corrected chi connectivity index (χ3v) is 5.95. The number of fused-ring (bicyclic) bond motifs is 1. The van der Waals surface area contributed by atoms with Crippen molar-refractivity contribution in [2.75, 3.05) is 37.5 Å². The summed E-state index contributed by atoms with van der Waals surface area (Å²) in [6, 6.07) is -1.19. The molecule has 1 fully saturated rings. The lowest BCUT2D eigenvalue weighted by Crippen LogP contribution is -2.54. The Kier molecular flexibility index (Phi) is 6.30. The highest BCUT2D eigenvalue weighted by atomic mass is 19.4. The smallest absolute Gasteiger partial charge is 0.417 e. The number of anilines is 2. The van der Waals surface area contributed by atoms with Crippen LogP contribution >= 0.6 is 0 Å². The van der Waals surface area contributed by atoms with Crippen LogP contribution in [0.2, 0.25) is 0 Å². The Morgan fingerprint density at radius 3 is 2.77 bits per heavy atom. The monoisotopic (exact) mass is 497 g/mol. The van der Waals surface area contributed by atoms with Crippen LogP contribution < -0.4 is 20.5 Å². The van der Waals surface area contributed by atoms with Crippen molar-refractivity contribution < 1.29 is 27.1 Å². The van der Waals surface area contributed by atoms with E-state index >= 15 is 4.39 Å². The van der Waals surface area contributed by atoms with Gasteiger partial charge in [-0.15, -0.1) is 0 Å². The molecule has 0 spiro atoms. The zero-order valence-electron chi connectivity index (χ0n) is 19.1. The normalized spacial score (nSPS) is 18.5. The van der Waals surface area contributed by atoms with Gasteiger partial charge < -0.3 is 29.4 Å². The van der Waals surface area contributed by atoms with E-state index in [4.69, 9.17) is 4.74 Å². The first kappa shape index (κ1) is 24.3. The first-order valence-corrected chi connectivity index (χ1v) is 10.6. The van der Waals surface area contributed by atoms with Crippen molar-refractivity contribution in [1.29, 1.82) is 0 Å². The molecule has 1 saturated heterocycles. The fourth-order valence-corrected chi connectivity index (χ4v) is 4.01. The summed E-state index contributed by atoms with van der Waals surface area (Å²) in [6.07, 6.45) is -2.22. The quantitative estimate of drug-likeness (QED) is 0.537. The van der Waals surface area contributed by atoms with Gasteiger partial charge in [-0.05, 0) is 12.5 Å². The van der Waals surface area contributed by atoms with Crippen LogP contribution in [0.5, 0.6) is 5.75 Å². The van der Waals surface area contributed by atoms with Gasteiger partial charge in [-0.1, -0.05) is 0 Å². The number of urea groups is 1. The van der Waals surface area contributed by atoms with E-state index in [-0.39, 0.29) is 13.0 Å². The highest BCUT2D eigenvalue weighted by Crippen LogP contribution is 2.30. The Bertz CT molecular complexity index is 1310. The number of carbonyl (C=O) groups is 1. The number of hydrogen-bond acceptors (Lipinski definition) is 6. The van der Waals surface area contributed by atoms with Crippen LogP contribution in [0.25, 0.3) is 11.2 Å². The number of piperidine rings is 1. The molecule has 3 aromatic heterocycles. The lowest BCUT2D eigenvalue weighted by molar-refractivity contribution is -0.138. The van der Waals surface area contributed by atoms with Crippen molar-refractivity contribution >= 4 is 28.7 Å². The Morgan fingerprint density at radius 2 is 2.11 bits per heavy atom. The predicted octanol–water partition coefficient (Wildman–Crippen LogP) is 2.76. The molecule has 1 aliphatic heterocycles. The fourth-order valence-electron chi connectivity index (χ4n) is 4.01. The molecule has 0 unspecified atom stereocenters. The number of carbonyl (C=O) groups excluding carboxylic acids is 1. The van der Waals surface area contributed by atoms with Crippen LogP contribution in [0.3, 0.4) is 0 Å². The second-order valence-corrected chi connectivity index (χ2v) is 8.20. The molecule has 35 heavy (non-hydrogen) atoms. The van der Waals surface area contributed by atoms with Gasteiger partial charge in [-0.3, -0.25) is 4.79 Å². The van der Waals surface area contributed by atoms with Crippen molar-refractivity contribution in [3.63, 3.8) is 0 Å². The van der Waals surface area contributed by atoms with E-state index in [1.807, 2.05) is 0 Å². The lowest BCUT2D eigenvalue weighted by atomic mass is 10.0. The number of hydrogen-bond donors (Lipinski definition) is 2. The molecule has 2 atom stereocenters. The number of H-pyrrole nitrogens is 1. The largest absolute Gasteiger partial charge is 0.493 e. The maximum absolute atomic E-state index is 15.1. The van der Waals surface area contributed by atoms with Crippen molar-refractivity contribution in [3.8, 4) is 5.75 Å². The van der Waals surface area contributed by atoms with Gasteiger partial charge in [0.1, 0.15) is 17.7 Å². The summed E-state index contributed by atoms with van der Waals surface area (Å²) in [7, 11) is 3.97. The fraction of sp³-hybridized carbons (Fsp3) is 0.429. The molecular weight excluding hydrogens is 474 g/mol. The van der Waals surface area contributed by atoms with Gasteiger partial charge >= 0.3 is 12.2 Å². The van der Waals surface area contributed by atoms with Crippen LogP contribution in [-0.4, -0.2) is 69.9 Å². The topological polar surface area (TPSA) is 108 Å². The standard InChI is InChI=1S/C21H23F4N7O3/c1-30-9-11(21(23,24)25)6-13(19(30)33)28-20(34)31(2)14-4-5-32(10-12(14)22)16-8-27-18-17(29-16)15(35-3)7-26-18/h6-9,12,14H,4-5,10H2,1-3H3,(H,26,27)(H,28,34)/t12-,14+/m1/s1. The van der Waals surface area contributed by atoms with Gasteiger partial charge in [-0.2, -0.15) is 13.2 Å². The second kappa shape index (κ2) is 9.07. The van der Waals surface area contributed by atoms with Crippen LogP contribution in [0.15, 0.2) is 29.5 Å². The van der Waals surface area contributed by atoms with Crippen LogP contribution in [-0.2, 0) is 13.2 Å².